The van der Waals surface area contributed by atoms with Gasteiger partial charge in [0.1, 0.15) is 5.65 Å². The number of pyridine rings is 1. The number of rotatable bonds is 5. The number of nitrogens with one attached hydrogen (secondary N) is 2. The zero-order valence-electron chi connectivity index (χ0n) is 13.7. The first-order chi connectivity index (χ1) is 11.7. The maximum atomic E-state index is 5.30. The fourth-order valence-corrected chi connectivity index (χ4v) is 2.80. The largest absolute Gasteiger partial charge is 0.383 e. The van der Waals surface area contributed by atoms with Gasteiger partial charge in [0.25, 0.3) is 0 Å². The van der Waals surface area contributed by atoms with Crippen LogP contribution < -0.4 is 10.6 Å². The van der Waals surface area contributed by atoms with Crippen molar-refractivity contribution in [1.82, 2.24) is 14.7 Å². The molecule has 2 N–H and O–H groups in total. The van der Waals surface area contributed by atoms with Gasteiger partial charge in [0.2, 0.25) is 0 Å². The first-order valence-electron chi connectivity index (χ1n) is 7.76. The van der Waals surface area contributed by atoms with Gasteiger partial charge in [-0.25, -0.2) is 4.98 Å². The summed E-state index contributed by atoms with van der Waals surface area (Å²) < 4.78 is 7.10. The van der Waals surface area contributed by atoms with E-state index in [0.29, 0.717) is 11.7 Å². The Balaban J connectivity index is 1.68. The third-order valence-corrected chi connectivity index (χ3v) is 3.82. The zero-order chi connectivity index (χ0) is 16.9. The van der Waals surface area contributed by atoms with Crippen molar-refractivity contribution in [3.63, 3.8) is 0 Å². The molecule has 1 atom stereocenters. The number of fused-ring (bicyclic) bond motifs is 1. The summed E-state index contributed by atoms with van der Waals surface area (Å²) in [7, 11) is 1.67. The van der Waals surface area contributed by atoms with Crippen molar-refractivity contribution >= 4 is 28.7 Å². The summed E-state index contributed by atoms with van der Waals surface area (Å²) in [4.78, 5) is 4.62. The van der Waals surface area contributed by atoms with Crippen LogP contribution in [0.4, 0.5) is 5.69 Å². The van der Waals surface area contributed by atoms with Crippen molar-refractivity contribution in [2.75, 3.05) is 19.0 Å². The minimum absolute atomic E-state index is 0.159. The molecule has 0 aliphatic heterocycles. The second-order valence-corrected chi connectivity index (χ2v) is 6.03. The molecule has 6 heteroatoms. The van der Waals surface area contributed by atoms with Gasteiger partial charge in [-0.3, -0.25) is 0 Å². The van der Waals surface area contributed by atoms with Gasteiger partial charge < -0.3 is 19.8 Å². The average Bonchev–Trinajstić information content (AvgIpc) is 2.99. The van der Waals surface area contributed by atoms with Gasteiger partial charge in [0.15, 0.2) is 5.11 Å². The second kappa shape index (κ2) is 7.42. The van der Waals surface area contributed by atoms with E-state index in [4.69, 9.17) is 17.0 Å². The maximum absolute atomic E-state index is 5.30. The number of ether oxygens (including phenoxy) is 1. The van der Waals surface area contributed by atoms with Crippen molar-refractivity contribution < 1.29 is 4.74 Å². The van der Waals surface area contributed by atoms with Gasteiger partial charge in [-0.15, -0.1) is 0 Å². The lowest BCUT2D eigenvalue weighted by molar-refractivity contribution is 0.179. The first-order valence-corrected chi connectivity index (χ1v) is 8.17. The van der Waals surface area contributed by atoms with Crippen LogP contribution in [0.1, 0.15) is 6.92 Å². The quantitative estimate of drug-likeness (QED) is 0.698. The van der Waals surface area contributed by atoms with E-state index in [2.05, 4.69) is 15.6 Å². The van der Waals surface area contributed by atoms with Gasteiger partial charge in [-0.05, 0) is 43.4 Å². The Morgan fingerprint density at radius 1 is 1.25 bits per heavy atom. The molecule has 0 spiro atoms. The van der Waals surface area contributed by atoms with Crippen molar-refractivity contribution in [3.05, 3.63) is 54.9 Å². The summed E-state index contributed by atoms with van der Waals surface area (Å²) in [6, 6.07) is 14.2. The van der Waals surface area contributed by atoms with E-state index in [-0.39, 0.29) is 6.04 Å². The molecule has 0 bridgehead atoms. The molecule has 124 valence electrons. The predicted molar refractivity (Wildman–Crippen MR) is 101 cm³/mol. The molecule has 2 aromatic heterocycles. The Kier molecular flexibility index (Phi) is 5.08. The molecule has 0 radical (unpaired) electrons. The van der Waals surface area contributed by atoms with Crippen molar-refractivity contribution in [3.8, 4) is 11.3 Å². The van der Waals surface area contributed by atoms with Gasteiger partial charge in [0.05, 0.1) is 12.3 Å². The smallest absolute Gasteiger partial charge is 0.171 e. The van der Waals surface area contributed by atoms with Crippen LogP contribution in [-0.2, 0) is 4.74 Å². The summed E-state index contributed by atoms with van der Waals surface area (Å²) in [5.74, 6) is 0. The Bertz CT molecular complexity index is 795. The predicted octanol–water partition coefficient (Wildman–Crippen LogP) is 3.32. The van der Waals surface area contributed by atoms with Crippen LogP contribution in [-0.4, -0.2) is 34.3 Å². The summed E-state index contributed by atoms with van der Waals surface area (Å²) in [5.41, 5.74) is 3.88. The molecule has 1 aromatic carbocycles. The fraction of sp³-hybridized carbons (Fsp3) is 0.222. The standard InChI is InChI=1S/C18H20N4OS/c1-13(12-23-2)19-18(24)20-15-8-6-14(7-9-15)16-11-22-10-4-3-5-17(22)21-16/h3-11,13H,12H2,1-2H3,(H2,19,20,24)/t13-/m0/s1. The highest BCUT2D eigenvalue weighted by atomic mass is 32.1. The minimum atomic E-state index is 0.159. The van der Waals surface area contributed by atoms with E-state index >= 15 is 0 Å². The second-order valence-electron chi connectivity index (χ2n) is 5.62. The summed E-state index contributed by atoms with van der Waals surface area (Å²) in [5, 5.41) is 6.93. The Hall–Kier alpha value is -2.44. The summed E-state index contributed by atoms with van der Waals surface area (Å²) in [6.45, 7) is 2.62. The monoisotopic (exact) mass is 340 g/mol. The molecular formula is C18H20N4OS. The SMILES string of the molecule is COC[C@H](C)NC(=S)Nc1ccc(-c2cn3ccccc3n2)cc1. The molecule has 0 amide bonds. The van der Waals surface area contributed by atoms with E-state index in [0.717, 1.165) is 22.6 Å². The number of hydrogen-bond acceptors (Lipinski definition) is 3. The van der Waals surface area contributed by atoms with E-state index in [1.807, 2.05) is 66.2 Å². The summed E-state index contributed by atoms with van der Waals surface area (Å²) >= 11 is 5.30. The lowest BCUT2D eigenvalue weighted by atomic mass is 10.1. The van der Waals surface area contributed by atoms with Gasteiger partial charge in [-0.2, -0.15) is 0 Å². The molecule has 3 aromatic rings. The molecular weight excluding hydrogens is 320 g/mol. The lowest BCUT2D eigenvalue weighted by Gasteiger charge is -2.16. The number of benzene rings is 1. The molecule has 0 fully saturated rings. The van der Waals surface area contributed by atoms with E-state index in [1.54, 1.807) is 7.11 Å². The molecule has 5 nitrogen and oxygen atoms in total. The van der Waals surface area contributed by atoms with E-state index in [9.17, 15) is 0 Å². The Morgan fingerprint density at radius 2 is 2.04 bits per heavy atom. The third-order valence-electron chi connectivity index (χ3n) is 3.60. The highest BCUT2D eigenvalue weighted by molar-refractivity contribution is 7.80. The zero-order valence-corrected chi connectivity index (χ0v) is 14.5. The van der Waals surface area contributed by atoms with Crippen molar-refractivity contribution in [2.45, 2.75) is 13.0 Å². The number of anilines is 1. The number of methoxy groups -OCH3 is 1. The van der Waals surface area contributed by atoms with Gasteiger partial charge in [0, 0.05) is 36.8 Å². The summed E-state index contributed by atoms with van der Waals surface area (Å²) in [6.07, 6.45) is 4.02. The lowest BCUT2D eigenvalue weighted by Crippen LogP contribution is -2.38. The van der Waals surface area contributed by atoms with Crippen LogP contribution in [0.2, 0.25) is 0 Å². The molecule has 3 rings (SSSR count). The van der Waals surface area contributed by atoms with Gasteiger partial charge >= 0.3 is 0 Å². The average molecular weight is 340 g/mol. The number of nitrogens with zero attached hydrogens (tertiary/aromatic N) is 2. The molecule has 0 aliphatic rings. The van der Waals surface area contributed by atoms with E-state index < -0.39 is 0 Å². The molecule has 0 saturated carbocycles. The molecule has 24 heavy (non-hydrogen) atoms. The first kappa shape index (κ1) is 16.4. The third kappa shape index (κ3) is 3.90. The van der Waals surface area contributed by atoms with Crippen LogP contribution >= 0.6 is 12.2 Å². The topological polar surface area (TPSA) is 50.6 Å². The van der Waals surface area contributed by atoms with Crippen molar-refractivity contribution in [1.29, 1.82) is 0 Å². The Morgan fingerprint density at radius 3 is 2.75 bits per heavy atom. The minimum Gasteiger partial charge on any atom is -0.383 e. The van der Waals surface area contributed by atoms with Gasteiger partial charge in [-0.1, -0.05) is 18.2 Å². The molecule has 2 heterocycles. The van der Waals surface area contributed by atoms with E-state index in [1.165, 1.54) is 0 Å². The van der Waals surface area contributed by atoms with Crippen LogP contribution in [0.25, 0.3) is 16.9 Å². The normalized spacial score (nSPS) is 12.1. The molecule has 0 saturated heterocycles. The highest BCUT2D eigenvalue weighted by Gasteiger charge is 2.06. The number of hydrogen-bond donors (Lipinski definition) is 2. The number of imidazole rings is 1. The number of thiocarbonyl (C=S) groups is 1. The highest BCUT2D eigenvalue weighted by Crippen LogP contribution is 2.21. The van der Waals surface area contributed by atoms with Crippen LogP contribution in [0.15, 0.2) is 54.9 Å². The van der Waals surface area contributed by atoms with Crippen LogP contribution in [0.3, 0.4) is 0 Å². The number of aromatic nitrogens is 2. The fourth-order valence-electron chi connectivity index (χ4n) is 2.48. The van der Waals surface area contributed by atoms with Crippen LogP contribution in [0.5, 0.6) is 0 Å². The van der Waals surface area contributed by atoms with Crippen molar-refractivity contribution in [2.24, 2.45) is 0 Å². The molecule has 0 unspecified atom stereocenters. The Labute approximate surface area is 146 Å². The molecule has 0 aliphatic carbocycles. The maximum Gasteiger partial charge on any atom is 0.171 e. The van der Waals surface area contributed by atoms with Crippen LogP contribution in [0, 0.1) is 0 Å².